The lowest BCUT2D eigenvalue weighted by atomic mass is 10.1. The second-order valence-electron chi connectivity index (χ2n) is 8.63. The van der Waals surface area contributed by atoms with Crippen LogP contribution in [-0.4, -0.2) is 66.8 Å². The van der Waals surface area contributed by atoms with Gasteiger partial charge in [-0.3, -0.25) is 9.78 Å². The zero-order valence-corrected chi connectivity index (χ0v) is 20.7. The van der Waals surface area contributed by atoms with E-state index in [9.17, 15) is 9.18 Å². The van der Waals surface area contributed by atoms with Crippen molar-refractivity contribution < 1.29 is 18.7 Å². The molecule has 0 spiro atoms. The number of halogens is 1. The van der Waals surface area contributed by atoms with Gasteiger partial charge in [0.1, 0.15) is 29.3 Å². The summed E-state index contributed by atoms with van der Waals surface area (Å²) in [6.45, 7) is 5.44. The zero-order valence-electron chi connectivity index (χ0n) is 19.9. The molecule has 2 aliphatic heterocycles. The summed E-state index contributed by atoms with van der Waals surface area (Å²) in [7, 11) is 2.06. The minimum atomic E-state index is -0.339. The maximum absolute atomic E-state index is 14.0. The highest BCUT2D eigenvalue weighted by Crippen LogP contribution is 2.22. The molecule has 4 rings (SSSR count). The second kappa shape index (κ2) is 11.6. The summed E-state index contributed by atoms with van der Waals surface area (Å²) in [5.41, 5.74) is 2.95. The molecular weight excluding hydrogens is 469 g/mol. The van der Waals surface area contributed by atoms with Gasteiger partial charge in [-0.15, -0.1) is 0 Å². The second-order valence-corrected chi connectivity index (χ2v) is 9.04. The van der Waals surface area contributed by atoms with Crippen LogP contribution < -0.4 is 20.7 Å². The topological polar surface area (TPSA) is 87.8 Å². The SMILES string of the molecule is Cc1c(F)cccc1NC(=S)C1=C(NCc2ccncc2OCC2CN(C)CCO2)CCNC1=O. The number of rotatable bonds is 8. The first-order chi connectivity index (χ1) is 16.9. The Balaban J connectivity index is 1.46. The van der Waals surface area contributed by atoms with Gasteiger partial charge in [-0.25, -0.2) is 4.39 Å². The summed E-state index contributed by atoms with van der Waals surface area (Å²) in [6, 6.07) is 6.60. The molecule has 1 atom stereocenters. The van der Waals surface area contributed by atoms with E-state index in [1.807, 2.05) is 6.07 Å². The monoisotopic (exact) mass is 499 g/mol. The van der Waals surface area contributed by atoms with Crippen LogP contribution in [0.1, 0.15) is 17.5 Å². The number of benzene rings is 1. The Labute approximate surface area is 209 Å². The zero-order chi connectivity index (χ0) is 24.8. The summed E-state index contributed by atoms with van der Waals surface area (Å²) in [5, 5.41) is 9.23. The van der Waals surface area contributed by atoms with E-state index < -0.39 is 0 Å². The molecule has 3 heterocycles. The van der Waals surface area contributed by atoms with E-state index in [0.29, 0.717) is 55.3 Å². The highest BCUT2D eigenvalue weighted by Gasteiger charge is 2.25. The lowest BCUT2D eigenvalue weighted by Gasteiger charge is -2.30. The Morgan fingerprint density at radius 1 is 1.40 bits per heavy atom. The molecule has 3 N–H and O–H groups in total. The summed E-state index contributed by atoms with van der Waals surface area (Å²) in [4.78, 5) is 19.4. The number of hydrogen-bond acceptors (Lipinski definition) is 7. The molecule has 1 aromatic heterocycles. The van der Waals surface area contributed by atoms with Crippen molar-refractivity contribution in [3.8, 4) is 5.75 Å². The number of ether oxygens (including phenoxy) is 2. The van der Waals surface area contributed by atoms with Crippen molar-refractivity contribution in [3.05, 3.63) is 64.9 Å². The molecule has 0 aliphatic carbocycles. The van der Waals surface area contributed by atoms with Gasteiger partial charge in [0.15, 0.2) is 0 Å². The smallest absolute Gasteiger partial charge is 0.256 e. The molecule has 35 heavy (non-hydrogen) atoms. The van der Waals surface area contributed by atoms with Gasteiger partial charge in [0.2, 0.25) is 0 Å². The molecule has 186 valence electrons. The molecule has 0 saturated carbocycles. The van der Waals surface area contributed by atoms with Gasteiger partial charge in [0.25, 0.3) is 5.91 Å². The molecule has 2 aliphatic rings. The standard InChI is InChI=1S/C25H30FN5O3S/c1-16-19(26)4-3-5-20(16)30-25(35)23-21(7-9-28-24(23)32)29-12-17-6-8-27-13-22(17)34-15-18-14-31(2)10-11-33-18/h3-6,8,13,18,29H,7,9-12,14-15H2,1-2H3,(H,28,32)(H,30,35). The van der Waals surface area contributed by atoms with Crippen LogP contribution in [0.2, 0.25) is 0 Å². The van der Waals surface area contributed by atoms with E-state index in [1.54, 1.807) is 31.5 Å². The highest BCUT2D eigenvalue weighted by atomic mass is 32.1. The van der Waals surface area contributed by atoms with Crippen LogP contribution in [0, 0.1) is 12.7 Å². The van der Waals surface area contributed by atoms with Crippen molar-refractivity contribution in [2.45, 2.75) is 26.0 Å². The summed E-state index contributed by atoms with van der Waals surface area (Å²) < 4.78 is 25.8. The number of nitrogens with one attached hydrogen (secondary N) is 3. The van der Waals surface area contributed by atoms with Crippen molar-refractivity contribution in [2.75, 3.05) is 45.2 Å². The molecule has 10 heteroatoms. The first-order valence-electron chi connectivity index (χ1n) is 11.6. The fourth-order valence-corrected chi connectivity index (χ4v) is 4.36. The average molecular weight is 500 g/mol. The summed E-state index contributed by atoms with van der Waals surface area (Å²) in [6.07, 6.45) is 3.98. The van der Waals surface area contributed by atoms with Crippen molar-refractivity contribution in [2.24, 2.45) is 0 Å². The number of carbonyl (C=O) groups excluding carboxylic acids is 1. The minimum absolute atomic E-state index is 0.000782. The molecule has 1 amide bonds. The molecule has 1 saturated heterocycles. The number of likely N-dealkylation sites (N-methyl/N-ethyl adjacent to an activating group) is 1. The number of pyridine rings is 1. The third kappa shape index (κ3) is 6.33. The van der Waals surface area contributed by atoms with Crippen molar-refractivity contribution in [1.82, 2.24) is 20.5 Å². The molecule has 0 radical (unpaired) electrons. The summed E-state index contributed by atoms with van der Waals surface area (Å²) >= 11 is 5.55. The first kappa shape index (κ1) is 25.0. The van der Waals surface area contributed by atoms with E-state index in [-0.39, 0.29) is 22.8 Å². The Morgan fingerprint density at radius 3 is 3.09 bits per heavy atom. The van der Waals surface area contributed by atoms with E-state index in [4.69, 9.17) is 21.7 Å². The Kier molecular flexibility index (Phi) is 8.27. The first-order valence-corrected chi connectivity index (χ1v) is 12.0. The third-order valence-corrected chi connectivity index (χ3v) is 6.37. The minimum Gasteiger partial charge on any atom is -0.489 e. The molecule has 1 fully saturated rings. The van der Waals surface area contributed by atoms with Gasteiger partial charge >= 0.3 is 0 Å². The lowest BCUT2D eigenvalue weighted by Crippen LogP contribution is -2.42. The number of hydrogen-bond donors (Lipinski definition) is 3. The lowest BCUT2D eigenvalue weighted by molar-refractivity contribution is -0.117. The van der Waals surface area contributed by atoms with Crippen LogP contribution in [0.4, 0.5) is 10.1 Å². The van der Waals surface area contributed by atoms with Crippen LogP contribution in [0.3, 0.4) is 0 Å². The van der Waals surface area contributed by atoms with E-state index in [0.717, 1.165) is 24.4 Å². The predicted octanol–water partition coefficient (Wildman–Crippen LogP) is 2.54. The fraction of sp³-hybridized carbons (Fsp3) is 0.400. The molecule has 0 bridgehead atoms. The average Bonchev–Trinajstić information content (AvgIpc) is 2.85. The number of aromatic nitrogens is 1. The predicted molar refractivity (Wildman–Crippen MR) is 136 cm³/mol. The number of carbonyl (C=O) groups is 1. The molecule has 1 unspecified atom stereocenters. The van der Waals surface area contributed by atoms with Crippen molar-refractivity contribution in [1.29, 1.82) is 0 Å². The Morgan fingerprint density at radius 2 is 2.26 bits per heavy atom. The quantitative estimate of drug-likeness (QED) is 0.478. The molecule has 2 aromatic rings. The highest BCUT2D eigenvalue weighted by molar-refractivity contribution is 7.81. The number of morpholine rings is 1. The third-order valence-electron chi connectivity index (χ3n) is 6.06. The maximum Gasteiger partial charge on any atom is 0.256 e. The largest absolute Gasteiger partial charge is 0.489 e. The van der Waals surface area contributed by atoms with Gasteiger partial charge in [0.05, 0.1) is 18.4 Å². The van der Waals surface area contributed by atoms with Crippen LogP contribution in [0.5, 0.6) is 5.75 Å². The molecule has 8 nitrogen and oxygen atoms in total. The maximum atomic E-state index is 14.0. The van der Waals surface area contributed by atoms with Crippen LogP contribution in [0.25, 0.3) is 0 Å². The Bertz CT molecular complexity index is 1130. The van der Waals surface area contributed by atoms with Gasteiger partial charge in [-0.05, 0) is 32.2 Å². The van der Waals surface area contributed by atoms with Gasteiger partial charge in [-0.2, -0.15) is 0 Å². The number of nitrogens with zero attached hydrogens (tertiary/aromatic N) is 2. The number of thiocarbonyl (C=S) groups is 1. The van der Waals surface area contributed by atoms with E-state index in [2.05, 4.69) is 32.9 Å². The number of anilines is 1. The van der Waals surface area contributed by atoms with Crippen LogP contribution in [-0.2, 0) is 16.1 Å². The van der Waals surface area contributed by atoms with E-state index >= 15 is 0 Å². The summed E-state index contributed by atoms with van der Waals surface area (Å²) in [5.74, 6) is 0.0547. The van der Waals surface area contributed by atoms with Gasteiger partial charge in [-0.1, -0.05) is 18.3 Å². The normalized spacial score (nSPS) is 18.7. The molecular formula is C25H30FN5O3S. The number of amides is 1. The van der Waals surface area contributed by atoms with Crippen LogP contribution >= 0.6 is 12.2 Å². The van der Waals surface area contributed by atoms with Crippen molar-refractivity contribution in [3.63, 3.8) is 0 Å². The van der Waals surface area contributed by atoms with Gasteiger partial charge in [0, 0.05) is 61.3 Å². The van der Waals surface area contributed by atoms with Crippen molar-refractivity contribution >= 4 is 28.8 Å². The Hall–Kier alpha value is -3.08. The molecule has 1 aromatic carbocycles. The van der Waals surface area contributed by atoms with Crippen LogP contribution in [0.15, 0.2) is 47.9 Å². The van der Waals surface area contributed by atoms with Gasteiger partial charge < -0.3 is 30.3 Å². The van der Waals surface area contributed by atoms with E-state index in [1.165, 1.54) is 6.07 Å². The fourth-order valence-electron chi connectivity index (χ4n) is 4.03.